The molecule has 5 nitrogen and oxygen atoms in total. The van der Waals surface area contributed by atoms with Crippen molar-refractivity contribution in [2.75, 3.05) is 25.1 Å². The maximum Gasteiger partial charge on any atom is 0.266 e. The summed E-state index contributed by atoms with van der Waals surface area (Å²) in [4.78, 5) is 21.4. The van der Waals surface area contributed by atoms with E-state index in [0.29, 0.717) is 16.1 Å². The SMILES string of the molecule is COCc1nc(N2CCCCCC2)[nH]c(=O)c1I. The summed E-state index contributed by atoms with van der Waals surface area (Å²) in [6.45, 7) is 2.31. The first-order valence-electron chi connectivity index (χ1n) is 6.25. The van der Waals surface area contributed by atoms with Crippen molar-refractivity contribution in [1.82, 2.24) is 9.97 Å². The van der Waals surface area contributed by atoms with Gasteiger partial charge in [0.05, 0.1) is 12.3 Å². The monoisotopic (exact) mass is 363 g/mol. The van der Waals surface area contributed by atoms with Crippen molar-refractivity contribution in [2.45, 2.75) is 32.3 Å². The number of H-pyrrole nitrogens is 1. The van der Waals surface area contributed by atoms with Gasteiger partial charge in [-0.05, 0) is 35.4 Å². The summed E-state index contributed by atoms with van der Waals surface area (Å²) in [5.74, 6) is 0.689. The minimum Gasteiger partial charge on any atom is -0.378 e. The van der Waals surface area contributed by atoms with E-state index in [1.807, 2.05) is 22.6 Å². The normalized spacial score (nSPS) is 16.7. The number of nitrogens with one attached hydrogen (secondary N) is 1. The summed E-state index contributed by atoms with van der Waals surface area (Å²) in [5, 5.41) is 0. The summed E-state index contributed by atoms with van der Waals surface area (Å²) in [7, 11) is 1.62. The van der Waals surface area contributed by atoms with Crippen LogP contribution in [0, 0.1) is 3.57 Å². The van der Waals surface area contributed by atoms with Gasteiger partial charge in [0.2, 0.25) is 5.95 Å². The zero-order valence-corrected chi connectivity index (χ0v) is 12.7. The highest BCUT2D eigenvalue weighted by Crippen LogP contribution is 2.16. The van der Waals surface area contributed by atoms with E-state index in [9.17, 15) is 4.79 Å². The molecule has 1 aromatic rings. The van der Waals surface area contributed by atoms with E-state index in [0.717, 1.165) is 31.6 Å². The van der Waals surface area contributed by atoms with Gasteiger partial charge in [0, 0.05) is 20.2 Å². The van der Waals surface area contributed by atoms with Gasteiger partial charge in [0.1, 0.15) is 3.57 Å². The van der Waals surface area contributed by atoms with Crippen molar-refractivity contribution in [3.05, 3.63) is 19.6 Å². The van der Waals surface area contributed by atoms with Crippen LogP contribution in [-0.4, -0.2) is 30.2 Å². The van der Waals surface area contributed by atoms with Crippen LogP contribution in [0.4, 0.5) is 5.95 Å². The first-order chi connectivity index (χ1) is 8.72. The molecule has 1 aliphatic heterocycles. The number of hydrogen-bond acceptors (Lipinski definition) is 4. The van der Waals surface area contributed by atoms with Crippen molar-refractivity contribution < 1.29 is 4.74 Å². The third kappa shape index (κ3) is 3.23. The molecule has 1 aliphatic rings. The Kier molecular flexibility index (Phi) is 4.99. The van der Waals surface area contributed by atoms with Crippen LogP contribution in [0.15, 0.2) is 4.79 Å². The lowest BCUT2D eigenvalue weighted by atomic mass is 10.2. The van der Waals surface area contributed by atoms with Crippen LogP contribution in [0.3, 0.4) is 0 Å². The third-order valence-electron chi connectivity index (χ3n) is 3.11. The number of aromatic nitrogens is 2. The molecule has 1 aromatic heterocycles. The highest BCUT2D eigenvalue weighted by molar-refractivity contribution is 14.1. The van der Waals surface area contributed by atoms with Gasteiger partial charge in [-0.1, -0.05) is 12.8 Å². The molecule has 0 amide bonds. The van der Waals surface area contributed by atoms with Crippen LogP contribution in [0.1, 0.15) is 31.4 Å². The third-order valence-corrected chi connectivity index (χ3v) is 4.22. The Labute approximate surface area is 120 Å². The van der Waals surface area contributed by atoms with Crippen LogP contribution < -0.4 is 10.5 Å². The minimum atomic E-state index is -0.0723. The Bertz CT molecular complexity index is 453. The largest absolute Gasteiger partial charge is 0.378 e. The molecule has 0 saturated carbocycles. The molecular weight excluding hydrogens is 345 g/mol. The molecule has 2 heterocycles. The summed E-state index contributed by atoms with van der Waals surface area (Å²) < 4.78 is 5.71. The number of rotatable bonds is 3. The summed E-state index contributed by atoms with van der Waals surface area (Å²) in [6.07, 6.45) is 4.84. The lowest BCUT2D eigenvalue weighted by molar-refractivity contribution is 0.180. The number of anilines is 1. The molecule has 0 atom stereocenters. The van der Waals surface area contributed by atoms with Gasteiger partial charge in [0.25, 0.3) is 5.56 Å². The first kappa shape index (κ1) is 13.8. The van der Waals surface area contributed by atoms with Gasteiger partial charge in [-0.3, -0.25) is 9.78 Å². The maximum atomic E-state index is 11.9. The van der Waals surface area contributed by atoms with E-state index in [2.05, 4.69) is 14.9 Å². The molecule has 100 valence electrons. The predicted octanol–water partition coefficient (Wildman–Crippen LogP) is 1.90. The van der Waals surface area contributed by atoms with Gasteiger partial charge in [0.15, 0.2) is 0 Å². The second-order valence-corrected chi connectivity index (χ2v) is 5.56. The Hall–Kier alpha value is -0.630. The summed E-state index contributed by atoms with van der Waals surface area (Å²) in [5.41, 5.74) is 0.651. The fourth-order valence-corrected chi connectivity index (χ4v) is 2.57. The molecule has 6 heteroatoms. The number of nitrogens with zero attached hydrogens (tertiary/aromatic N) is 2. The molecule has 18 heavy (non-hydrogen) atoms. The zero-order chi connectivity index (χ0) is 13.0. The number of aromatic amines is 1. The maximum absolute atomic E-state index is 11.9. The summed E-state index contributed by atoms with van der Waals surface area (Å²) in [6, 6.07) is 0. The van der Waals surface area contributed by atoms with E-state index in [1.165, 1.54) is 12.8 Å². The molecule has 2 rings (SSSR count). The van der Waals surface area contributed by atoms with E-state index in [-0.39, 0.29) is 5.56 Å². The highest BCUT2D eigenvalue weighted by Gasteiger charge is 2.15. The van der Waals surface area contributed by atoms with Crippen LogP contribution in [0.2, 0.25) is 0 Å². The van der Waals surface area contributed by atoms with Crippen molar-refractivity contribution in [3.63, 3.8) is 0 Å². The molecule has 0 aliphatic carbocycles. The number of halogens is 1. The van der Waals surface area contributed by atoms with E-state index in [4.69, 9.17) is 4.74 Å². The molecule has 0 aromatic carbocycles. The van der Waals surface area contributed by atoms with Crippen molar-refractivity contribution >= 4 is 28.5 Å². The average Bonchev–Trinajstić information content (AvgIpc) is 2.63. The van der Waals surface area contributed by atoms with E-state index >= 15 is 0 Å². The Morgan fingerprint density at radius 1 is 1.33 bits per heavy atom. The van der Waals surface area contributed by atoms with Crippen LogP contribution in [0.25, 0.3) is 0 Å². The van der Waals surface area contributed by atoms with Gasteiger partial charge in [-0.25, -0.2) is 4.98 Å². The first-order valence-corrected chi connectivity index (χ1v) is 7.33. The van der Waals surface area contributed by atoms with Crippen molar-refractivity contribution in [3.8, 4) is 0 Å². The minimum absolute atomic E-state index is 0.0723. The standard InChI is InChI=1S/C12H18IN3O2/c1-18-8-9-10(13)11(17)15-12(14-9)16-6-4-2-3-5-7-16/h2-8H2,1H3,(H,14,15,17). The molecule has 1 fully saturated rings. The Morgan fingerprint density at radius 3 is 2.61 bits per heavy atom. The lowest BCUT2D eigenvalue weighted by Gasteiger charge is -2.21. The predicted molar refractivity (Wildman–Crippen MR) is 79.0 cm³/mol. The molecular formula is C12H18IN3O2. The molecule has 0 spiro atoms. The summed E-state index contributed by atoms with van der Waals surface area (Å²) >= 11 is 2.02. The second-order valence-electron chi connectivity index (χ2n) is 4.48. The van der Waals surface area contributed by atoms with Crippen LogP contribution >= 0.6 is 22.6 Å². The van der Waals surface area contributed by atoms with Crippen LogP contribution in [-0.2, 0) is 11.3 Å². The quantitative estimate of drug-likeness (QED) is 0.834. The highest BCUT2D eigenvalue weighted by atomic mass is 127. The number of hydrogen-bond donors (Lipinski definition) is 1. The molecule has 1 N–H and O–H groups in total. The molecule has 0 bridgehead atoms. The van der Waals surface area contributed by atoms with E-state index in [1.54, 1.807) is 7.11 Å². The Morgan fingerprint density at radius 2 is 2.00 bits per heavy atom. The zero-order valence-electron chi connectivity index (χ0n) is 10.5. The topological polar surface area (TPSA) is 58.2 Å². The second kappa shape index (κ2) is 6.51. The van der Waals surface area contributed by atoms with Gasteiger partial charge < -0.3 is 9.64 Å². The van der Waals surface area contributed by atoms with Gasteiger partial charge >= 0.3 is 0 Å². The lowest BCUT2D eigenvalue weighted by Crippen LogP contribution is -2.30. The molecule has 0 unspecified atom stereocenters. The Balaban J connectivity index is 2.29. The van der Waals surface area contributed by atoms with E-state index < -0.39 is 0 Å². The van der Waals surface area contributed by atoms with Crippen molar-refractivity contribution in [2.24, 2.45) is 0 Å². The fraction of sp³-hybridized carbons (Fsp3) is 0.667. The van der Waals surface area contributed by atoms with Gasteiger partial charge in [-0.2, -0.15) is 0 Å². The molecule has 0 radical (unpaired) electrons. The number of ether oxygens (including phenoxy) is 1. The fourth-order valence-electron chi connectivity index (χ4n) is 2.16. The number of methoxy groups -OCH3 is 1. The van der Waals surface area contributed by atoms with Crippen molar-refractivity contribution in [1.29, 1.82) is 0 Å². The van der Waals surface area contributed by atoms with Gasteiger partial charge in [-0.15, -0.1) is 0 Å². The van der Waals surface area contributed by atoms with Crippen LogP contribution in [0.5, 0.6) is 0 Å². The smallest absolute Gasteiger partial charge is 0.266 e. The average molecular weight is 363 g/mol. The molecule has 1 saturated heterocycles.